The van der Waals surface area contributed by atoms with Crippen LogP contribution in [0, 0.1) is 5.92 Å². The predicted octanol–water partition coefficient (Wildman–Crippen LogP) is 7.41. The minimum atomic E-state index is -0.492. The summed E-state index contributed by atoms with van der Waals surface area (Å²) >= 11 is 6.25. The van der Waals surface area contributed by atoms with Gasteiger partial charge in [-0.05, 0) is 87.3 Å². The minimum absolute atomic E-state index is 0.213. The molecular formula is C27H35ClN2O. The number of anilines is 1. The summed E-state index contributed by atoms with van der Waals surface area (Å²) in [6.07, 6.45) is 8.09. The van der Waals surface area contributed by atoms with Crippen LogP contribution in [0.2, 0.25) is 0 Å². The first-order chi connectivity index (χ1) is 14.6. The lowest BCUT2D eigenvalue weighted by Gasteiger charge is -2.41. The van der Waals surface area contributed by atoms with E-state index in [0.717, 1.165) is 63.9 Å². The SMILES string of the molecule is C=C(/C=C(N=CCC)\C(C)=C(/C)Cl)c1ccc2c(c1)N(C1CC(CC)C1)C(=O)C2(C)C. The fourth-order valence-corrected chi connectivity index (χ4v) is 4.55. The lowest BCUT2D eigenvalue weighted by molar-refractivity contribution is -0.123. The molecule has 0 aromatic heterocycles. The molecule has 1 aromatic rings. The zero-order valence-electron chi connectivity index (χ0n) is 19.8. The highest BCUT2D eigenvalue weighted by Crippen LogP contribution is 2.48. The van der Waals surface area contributed by atoms with Crippen LogP contribution in [0.4, 0.5) is 5.69 Å². The van der Waals surface area contributed by atoms with Gasteiger partial charge in [0.2, 0.25) is 5.91 Å². The quantitative estimate of drug-likeness (QED) is 0.322. The van der Waals surface area contributed by atoms with E-state index in [-0.39, 0.29) is 5.91 Å². The van der Waals surface area contributed by atoms with E-state index in [9.17, 15) is 4.79 Å². The summed E-state index contributed by atoms with van der Waals surface area (Å²) < 4.78 is 0. The van der Waals surface area contributed by atoms with Gasteiger partial charge in [0.15, 0.2) is 0 Å². The van der Waals surface area contributed by atoms with Crippen molar-refractivity contribution >= 4 is 35.0 Å². The zero-order chi connectivity index (χ0) is 22.9. The molecule has 2 aliphatic rings. The molecule has 1 fully saturated rings. The maximum absolute atomic E-state index is 13.3. The van der Waals surface area contributed by atoms with Crippen molar-refractivity contribution in [3.05, 3.63) is 58.3 Å². The van der Waals surface area contributed by atoms with Gasteiger partial charge in [-0.25, -0.2) is 0 Å². The summed E-state index contributed by atoms with van der Waals surface area (Å²) in [6.45, 7) is 16.5. The zero-order valence-corrected chi connectivity index (χ0v) is 20.5. The second-order valence-electron chi connectivity index (χ2n) is 9.36. The highest BCUT2D eigenvalue weighted by molar-refractivity contribution is 6.29. The van der Waals surface area contributed by atoms with Crippen molar-refractivity contribution in [2.75, 3.05) is 4.90 Å². The van der Waals surface area contributed by atoms with Gasteiger partial charge in [0.25, 0.3) is 0 Å². The van der Waals surface area contributed by atoms with Crippen molar-refractivity contribution in [2.45, 2.75) is 78.7 Å². The number of allylic oxidation sites excluding steroid dienone is 4. The molecule has 31 heavy (non-hydrogen) atoms. The molecule has 4 heteroatoms. The van der Waals surface area contributed by atoms with Crippen LogP contribution in [-0.4, -0.2) is 18.2 Å². The first kappa shape index (κ1) is 23.5. The van der Waals surface area contributed by atoms with Crippen molar-refractivity contribution < 1.29 is 4.79 Å². The number of halogens is 1. The molecule has 166 valence electrons. The average molecular weight is 439 g/mol. The van der Waals surface area contributed by atoms with Crippen molar-refractivity contribution in [3.63, 3.8) is 0 Å². The Balaban J connectivity index is 1.99. The molecular weight excluding hydrogens is 404 g/mol. The lowest BCUT2D eigenvalue weighted by atomic mass is 9.77. The smallest absolute Gasteiger partial charge is 0.237 e. The Morgan fingerprint density at radius 3 is 2.55 bits per heavy atom. The number of nitrogens with zero attached hydrogens (tertiary/aromatic N) is 2. The molecule has 0 spiro atoms. The minimum Gasteiger partial charge on any atom is -0.308 e. The molecule has 1 amide bonds. The van der Waals surface area contributed by atoms with E-state index in [1.807, 2.05) is 40.0 Å². The highest BCUT2D eigenvalue weighted by atomic mass is 35.5. The molecule has 3 nitrogen and oxygen atoms in total. The second-order valence-corrected chi connectivity index (χ2v) is 9.93. The van der Waals surface area contributed by atoms with Crippen molar-refractivity contribution in [1.29, 1.82) is 0 Å². The Morgan fingerprint density at radius 1 is 1.29 bits per heavy atom. The van der Waals surface area contributed by atoms with E-state index in [1.54, 1.807) is 0 Å². The highest BCUT2D eigenvalue weighted by Gasteiger charge is 2.48. The maximum atomic E-state index is 13.3. The number of rotatable bonds is 7. The maximum Gasteiger partial charge on any atom is 0.237 e. The van der Waals surface area contributed by atoms with Crippen LogP contribution >= 0.6 is 11.6 Å². The molecule has 1 saturated carbocycles. The Labute approximate surface area is 192 Å². The number of benzene rings is 1. The summed E-state index contributed by atoms with van der Waals surface area (Å²) in [5.41, 5.74) is 5.28. The molecule has 3 rings (SSSR count). The summed E-state index contributed by atoms with van der Waals surface area (Å²) in [5, 5.41) is 0.718. The van der Waals surface area contributed by atoms with Gasteiger partial charge in [-0.1, -0.05) is 50.6 Å². The van der Waals surface area contributed by atoms with Crippen molar-refractivity contribution in [1.82, 2.24) is 0 Å². The van der Waals surface area contributed by atoms with Gasteiger partial charge < -0.3 is 4.90 Å². The summed E-state index contributed by atoms with van der Waals surface area (Å²) in [4.78, 5) is 20.0. The molecule has 0 atom stereocenters. The number of carbonyl (C=O) groups excluding carboxylic acids is 1. The largest absolute Gasteiger partial charge is 0.308 e. The van der Waals surface area contributed by atoms with Gasteiger partial charge >= 0.3 is 0 Å². The number of amides is 1. The molecule has 0 bridgehead atoms. The van der Waals surface area contributed by atoms with Gasteiger partial charge in [-0.3, -0.25) is 9.79 Å². The third-order valence-corrected chi connectivity index (χ3v) is 7.12. The standard InChI is InChI=1S/C27H35ClN2O/c1-8-12-29-24(18(4)19(5)28)13-17(3)21-10-11-23-25(16-21)30(26(31)27(23,6)7)22-14-20(9-2)15-22/h10-13,16,20,22H,3,8-9,14-15H2,1-2,4-7H3/b19-18+,24-13+,29-12?. The Kier molecular flexibility index (Phi) is 6.95. The molecule has 0 saturated heterocycles. The number of hydrogen-bond donors (Lipinski definition) is 0. The van der Waals surface area contributed by atoms with E-state index in [2.05, 4.69) is 48.5 Å². The second kappa shape index (κ2) is 9.16. The normalized spacial score (nSPS) is 23.6. The monoisotopic (exact) mass is 438 g/mol. The van der Waals surface area contributed by atoms with Gasteiger partial charge in [-0.2, -0.15) is 0 Å². The van der Waals surface area contributed by atoms with Gasteiger partial charge in [0.1, 0.15) is 0 Å². The third kappa shape index (κ3) is 4.43. The van der Waals surface area contributed by atoms with Gasteiger partial charge in [0, 0.05) is 23.0 Å². The van der Waals surface area contributed by atoms with E-state index in [1.165, 1.54) is 6.42 Å². The van der Waals surface area contributed by atoms with Gasteiger partial charge in [-0.15, -0.1) is 0 Å². The average Bonchev–Trinajstić information content (AvgIpc) is 2.90. The number of aliphatic imine (C=N–C) groups is 1. The Hall–Kier alpha value is -2.13. The van der Waals surface area contributed by atoms with Crippen LogP contribution < -0.4 is 4.90 Å². The van der Waals surface area contributed by atoms with Crippen molar-refractivity contribution in [2.24, 2.45) is 10.9 Å². The van der Waals surface area contributed by atoms with Crippen LogP contribution in [0.1, 0.15) is 78.4 Å². The van der Waals surface area contributed by atoms with E-state index in [0.29, 0.717) is 6.04 Å². The fraction of sp³-hybridized carbons (Fsp3) is 0.481. The van der Waals surface area contributed by atoms with Gasteiger partial charge in [0.05, 0.1) is 11.1 Å². The Bertz CT molecular complexity index is 973. The van der Waals surface area contributed by atoms with Crippen LogP contribution in [0.15, 0.2) is 52.1 Å². The number of carbonyl (C=O) groups is 1. The van der Waals surface area contributed by atoms with Crippen LogP contribution in [-0.2, 0) is 10.2 Å². The van der Waals surface area contributed by atoms with Crippen LogP contribution in [0.25, 0.3) is 5.57 Å². The third-order valence-electron chi connectivity index (χ3n) is 6.83. The first-order valence-electron chi connectivity index (χ1n) is 11.4. The number of hydrogen-bond acceptors (Lipinski definition) is 2. The summed E-state index contributed by atoms with van der Waals surface area (Å²) in [5.74, 6) is 0.948. The van der Waals surface area contributed by atoms with E-state index < -0.39 is 5.41 Å². The number of fused-ring (bicyclic) bond motifs is 1. The molecule has 1 aliphatic carbocycles. The predicted molar refractivity (Wildman–Crippen MR) is 134 cm³/mol. The molecule has 0 unspecified atom stereocenters. The van der Waals surface area contributed by atoms with Crippen LogP contribution in [0.3, 0.4) is 0 Å². The lowest BCUT2D eigenvalue weighted by Crippen LogP contribution is -2.49. The molecule has 0 radical (unpaired) electrons. The molecule has 1 aliphatic heterocycles. The van der Waals surface area contributed by atoms with E-state index >= 15 is 0 Å². The molecule has 0 N–H and O–H groups in total. The summed E-state index contributed by atoms with van der Waals surface area (Å²) in [7, 11) is 0. The first-order valence-corrected chi connectivity index (χ1v) is 11.7. The van der Waals surface area contributed by atoms with Crippen LogP contribution in [0.5, 0.6) is 0 Å². The van der Waals surface area contributed by atoms with Crippen molar-refractivity contribution in [3.8, 4) is 0 Å². The molecule has 1 heterocycles. The summed E-state index contributed by atoms with van der Waals surface area (Å²) in [6, 6.07) is 6.61. The van der Waals surface area contributed by atoms with E-state index in [4.69, 9.17) is 11.6 Å². The Morgan fingerprint density at radius 2 is 1.97 bits per heavy atom. The topological polar surface area (TPSA) is 32.7 Å². The fourth-order valence-electron chi connectivity index (χ4n) is 4.45. The molecule has 1 aromatic carbocycles.